The van der Waals surface area contributed by atoms with Gasteiger partial charge >= 0.3 is 0 Å². The van der Waals surface area contributed by atoms with Crippen LogP contribution in [0.4, 0.5) is 0 Å². The first-order valence-electron chi connectivity index (χ1n) is 15.8. The summed E-state index contributed by atoms with van der Waals surface area (Å²) in [6.45, 7) is 13.8. The van der Waals surface area contributed by atoms with E-state index in [1.807, 2.05) is 0 Å². The lowest BCUT2D eigenvalue weighted by atomic mass is 9.79. The van der Waals surface area contributed by atoms with Gasteiger partial charge in [0, 0.05) is 0 Å². The van der Waals surface area contributed by atoms with E-state index in [0.717, 1.165) is 0 Å². The maximum Gasteiger partial charge on any atom is -0.00260 e. The molecule has 216 valence electrons. The van der Waals surface area contributed by atoms with E-state index in [-0.39, 0.29) is 10.8 Å². The minimum Gasteiger partial charge on any atom is -0.0622 e. The molecule has 0 spiro atoms. The Labute approximate surface area is 262 Å². The Morgan fingerprint density at radius 3 is 1.25 bits per heavy atom. The Balaban J connectivity index is 1.57. The first kappa shape index (κ1) is 28.1. The molecule has 0 heterocycles. The Morgan fingerprint density at radius 2 is 0.750 bits per heavy atom. The molecule has 44 heavy (non-hydrogen) atoms. The van der Waals surface area contributed by atoms with Crippen molar-refractivity contribution in [2.75, 3.05) is 0 Å². The molecule has 0 saturated carbocycles. The molecule has 0 fully saturated rings. The summed E-state index contributed by atoms with van der Waals surface area (Å²) in [6, 6.07) is 49.8. The molecule has 0 heteroatoms. The van der Waals surface area contributed by atoms with Crippen LogP contribution in [0.2, 0.25) is 0 Å². The second-order valence-electron chi connectivity index (χ2n) is 14.3. The number of fused-ring (bicyclic) bond motifs is 3. The molecular weight excluding hydrogens is 528 g/mol. The molecule has 0 aromatic heterocycles. The van der Waals surface area contributed by atoms with Crippen LogP contribution in [-0.4, -0.2) is 0 Å². The van der Waals surface area contributed by atoms with Crippen LogP contribution >= 0.6 is 0 Å². The topological polar surface area (TPSA) is 0 Å². The fourth-order valence-corrected chi connectivity index (χ4v) is 6.60. The fourth-order valence-electron chi connectivity index (χ4n) is 6.60. The highest BCUT2D eigenvalue weighted by atomic mass is 14.3. The van der Waals surface area contributed by atoms with Crippen LogP contribution in [0.3, 0.4) is 0 Å². The minimum atomic E-state index is 0.0423. The lowest BCUT2D eigenvalue weighted by Crippen LogP contribution is -2.11. The van der Waals surface area contributed by atoms with Gasteiger partial charge in [0.15, 0.2) is 0 Å². The van der Waals surface area contributed by atoms with Crippen molar-refractivity contribution in [1.82, 2.24) is 0 Å². The average Bonchev–Trinajstić information content (AvgIpc) is 3.02. The van der Waals surface area contributed by atoms with Crippen LogP contribution in [0.5, 0.6) is 0 Å². The van der Waals surface area contributed by atoms with E-state index in [1.165, 1.54) is 76.8 Å². The third-order valence-electron chi connectivity index (χ3n) is 9.15. The third-order valence-corrected chi connectivity index (χ3v) is 9.15. The smallest absolute Gasteiger partial charge is 0.00260 e. The predicted octanol–water partition coefficient (Wildman–Crippen LogP) is 12.7. The number of hydrogen-bond acceptors (Lipinski definition) is 0. The zero-order chi connectivity index (χ0) is 30.6. The molecule has 0 saturated heterocycles. The van der Waals surface area contributed by atoms with Crippen molar-refractivity contribution < 1.29 is 0 Å². The van der Waals surface area contributed by atoms with Crippen molar-refractivity contribution in [2.45, 2.75) is 52.4 Å². The summed E-state index contributed by atoms with van der Waals surface area (Å²) in [5, 5.41) is 7.75. The van der Waals surface area contributed by atoms with Crippen LogP contribution in [-0.2, 0) is 10.8 Å². The molecule has 0 aliphatic carbocycles. The molecule has 0 bridgehead atoms. The first-order chi connectivity index (χ1) is 21.1. The summed E-state index contributed by atoms with van der Waals surface area (Å²) in [7, 11) is 0. The van der Waals surface area contributed by atoms with E-state index in [4.69, 9.17) is 0 Å². The van der Waals surface area contributed by atoms with Gasteiger partial charge < -0.3 is 0 Å². The van der Waals surface area contributed by atoms with Gasteiger partial charge in [-0.1, -0.05) is 151 Å². The molecule has 7 rings (SSSR count). The van der Waals surface area contributed by atoms with Crippen LogP contribution in [0.25, 0.3) is 65.7 Å². The minimum absolute atomic E-state index is 0.0423. The van der Waals surface area contributed by atoms with Gasteiger partial charge in [0.05, 0.1) is 0 Å². The first-order valence-corrected chi connectivity index (χ1v) is 15.8. The highest BCUT2D eigenvalue weighted by Crippen LogP contribution is 2.46. The van der Waals surface area contributed by atoms with Crippen molar-refractivity contribution in [2.24, 2.45) is 0 Å². The number of rotatable bonds is 3. The van der Waals surface area contributed by atoms with Crippen molar-refractivity contribution in [3.8, 4) is 33.4 Å². The normalized spacial score (nSPS) is 12.3. The van der Waals surface area contributed by atoms with Gasteiger partial charge in [0.1, 0.15) is 0 Å². The van der Waals surface area contributed by atoms with Gasteiger partial charge in [-0.15, -0.1) is 0 Å². The number of hydrogen-bond donors (Lipinski definition) is 0. The van der Waals surface area contributed by atoms with E-state index in [0.29, 0.717) is 0 Å². The van der Waals surface area contributed by atoms with E-state index >= 15 is 0 Å². The second kappa shape index (κ2) is 10.5. The molecule has 0 N–H and O–H groups in total. The van der Waals surface area contributed by atoms with Crippen molar-refractivity contribution >= 4 is 32.3 Å². The highest BCUT2D eigenvalue weighted by Gasteiger charge is 2.22. The summed E-state index contributed by atoms with van der Waals surface area (Å²) in [5.74, 6) is 0. The second-order valence-corrected chi connectivity index (χ2v) is 14.3. The zero-order valence-electron chi connectivity index (χ0n) is 26.7. The van der Waals surface area contributed by atoms with E-state index in [2.05, 4.69) is 175 Å². The van der Waals surface area contributed by atoms with Gasteiger partial charge in [-0.25, -0.2) is 0 Å². The summed E-state index contributed by atoms with van der Waals surface area (Å²) in [5.41, 5.74) is 10.4. The largest absolute Gasteiger partial charge is 0.0622 e. The molecule has 0 atom stereocenters. The quantitative estimate of drug-likeness (QED) is 0.186. The molecule has 0 radical (unpaired) electrons. The Bertz CT molecular complexity index is 2150. The van der Waals surface area contributed by atoms with Crippen LogP contribution in [0.1, 0.15) is 52.7 Å². The maximum atomic E-state index is 2.46. The molecule has 7 aromatic carbocycles. The molecule has 0 aliphatic rings. The van der Waals surface area contributed by atoms with Crippen molar-refractivity contribution in [1.29, 1.82) is 0 Å². The average molecular weight is 569 g/mol. The monoisotopic (exact) mass is 568 g/mol. The van der Waals surface area contributed by atoms with Gasteiger partial charge in [-0.2, -0.15) is 0 Å². The maximum absolute atomic E-state index is 2.46. The summed E-state index contributed by atoms with van der Waals surface area (Å²) in [4.78, 5) is 0. The third kappa shape index (κ3) is 4.99. The fraction of sp³-hybridized carbons (Fsp3) is 0.182. The Hall–Kier alpha value is -4.68. The number of benzene rings is 7. The van der Waals surface area contributed by atoms with Crippen LogP contribution < -0.4 is 0 Å². The lowest BCUT2D eigenvalue weighted by Gasteiger charge is -2.25. The van der Waals surface area contributed by atoms with Gasteiger partial charge in [0.2, 0.25) is 0 Å². The highest BCUT2D eigenvalue weighted by molar-refractivity contribution is 6.22. The van der Waals surface area contributed by atoms with Gasteiger partial charge in [-0.05, 0) is 112 Å². The molecular formula is C44H40. The predicted molar refractivity (Wildman–Crippen MR) is 193 cm³/mol. The summed E-state index contributed by atoms with van der Waals surface area (Å²) < 4.78 is 0. The van der Waals surface area contributed by atoms with E-state index in [1.54, 1.807) is 0 Å². The summed E-state index contributed by atoms with van der Waals surface area (Å²) in [6.07, 6.45) is 0. The summed E-state index contributed by atoms with van der Waals surface area (Å²) >= 11 is 0. The molecule has 0 nitrogen and oxygen atoms in total. The standard InChI is InChI=1S/C44H40/c1-43(2,3)35-22-24-38-39(27-35)41(30-15-11-8-12-16-30)37-23-21-36(44(4,5)6)28-40(37)42(38)34-20-19-32-25-31(17-18-33(32)26-34)29-13-9-7-10-14-29/h7-28H,1-6H3. The SMILES string of the molecule is CC(C)(C)c1ccc2c(-c3ccc4cc(-c5ccccc5)ccc4c3)c3cc(C(C)(C)C)ccc3c(-c3ccccc3)c2c1. The van der Waals surface area contributed by atoms with Crippen LogP contribution in [0.15, 0.2) is 133 Å². The van der Waals surface area contributed by atoms with Crippen molar-refractivity contribution in [3.63, 3.8) is 0 Å². The Morgan fingerprint density at radius 1 is 0.318 bits per heavy atom. The molecule has 7 aromatic rings. The lowest BCUT2D eigenvalue weighted by molar-refractivity contribution is 0.590. The van der Waals surface area contributed by atoms with Crippen molar-refractivity contribution in [3.05, 3.63) is 145 Å². The molecule has 0 unspecified atom stereocenters. The molecule has 0 aliphatic heterocycles. The van der Waals surface area contributed by atoms with Gasteiger partial charge in [0.25, 0.3) is 0 Å². The molecule has 0 amide bonds. The van der Waals surface area contributed by atoms with Crippen LogP contribution in [0, 0.1) is 0 Å². The van der Waals surface area contributed by atoms with Gasteiger partial charge in [-0.3, -0.25) is 0 Å². The van der Waals surface area contributed by atoms with E-state index in [9.17, 15) is 0 Å². The Kier molecular flexibility index (Phi) is 6.70. The zero-order valence-corrected chi connectivity index (χ0v) is 26.7. The van der Waals surface area contributed by atoms with E-state index < -0.39 is 0 Å².